The number of nitrogen functional groups attached to an aromatic ring is 1. The molecule has 0 aliphatic heterocycles. The first-order chi connectivity index (χ1) is 7.35. The maximum atomic E-state index is 13.6. The zero-order chi connectivity index (χ0) is 12.3. The van der Waals surface area contributed by atoms with Crippen LogP contribution in [0.3, 0.4) is 0 Å². The minimum Gasteiger partial charge on any atom is -0.458 e. The van der Waals surface area contributed by atoms with Crippen LogP contribution in [0, 0.1) is 0 Å². The lowest BCUT2D eigenvalue weighted by Gasteiger charge is -2.18. The second kappa shape index (κ2) is 4.47. The molecule has 5 heteroatoms. The molecule has 0 atom stereocenters. The SMILES string of the molecule is CC(C)OC(=O)C(F)(F)c1ccccc1N. The number of alkyl halides is 2. The van der Waals surface area contributed by atoms with Gasteiger partial charge in [-0.25, -0.2) is 4.79 Å². The van der Waals surface area contributed by atoms with E-state index in [1.54, 1.807) is 0 Å². The molecule has 0 aliphatic rings. The molecule has 0 aliphatic carbocycles. The molecule has 0 fully saturated rings. The number of halogens is 2. The van der Waals surface area contributed by atoms with Crippen molar-refractivity contribution < 1.29 is 18.3 Å². The first kappa shape index (κ1) is 12.4. The molecule has 0 amide bonds. The lowest BCUT2D eigenvalue weighted by atomic mass is 10.1. The Kier molecular flexibility index (Phi) is 3.47. The number of ether oxygens (including phenoxy) is 1. The molecule has 0 radical (unpaired) electrons. The third kappa shape index (κ3) is 2.48. The Bertz CT molecular complexity index is 391. The van der Waals surface area contributed by atoms with E-state index in [0.717, 1.165) is 6.07 Å². The first-order valence-electron chi connectivity index (χ1n) is 4.79. The van der Waals surface area contributed by atoms with E-state index < -0.39 is 23.6 Å². The molecule has 0 heterocycles. The Labute approximate surface area is 92.2 Å². The standard InChI is InChI=1S/C11H13F2NO2/c1-7(2)16-10(15)11(12,13)8-5-3-4-6-9(8)14/h3-7H,14H2,1-2H3. The molecular weight excluding hydrogens is 216 g/mol. The molecule has 1 aromatic carbocycles. The normalized spacial score (nSPS) is 11.6. The minimum atomic E-state index is -3.71. The summed E-state index contributed by atoms with van der Waals surface area (Å²) in [5, 5.41) is 0. The fourth-order valence-corrected chi connectivity index (χ4v) is 1.18. The van der Waals surface area contributed by atoms with Crippen LogP contribution in [0.1, 0.15) is 19.4 Å². The van der Waals surface area contributed by atoms with Crippen LogP contribution in [0.15, 0.2) is 24.3 Å². The van der Waals surface area contributed by atoms with Crippen LogP contribution in [0.25, 0.3) is 0 Å². The van der Waals surface area contributed by atoms with Crippen LogP contribution >= 0.6 is 0 Å². The van der Waals surface area contributed by atoms with Crippen molar-refractivity contribution in [1.29, 1.82) is 0 Å². The van der Waals surface area contributed by atoms with Crippen molar-refractivity contribution in [2.45, 2.75) is 25.9 Å². The average Bonchev–Trinajstić information content (AvgIpc) is 2.16. The summed E-state index contributed by atoms with van der Waals surface area (Å²) in [6.07, 6.45) is -0.594. The third-order valence-electron chi connectivity index (χ3n) is 1.90. The van der Waals surface area contributed by atoms with Crippen LogP contribution in [0.5, 0.6) is 0 Å². The molecule has 0 saturated carbocycles. The summed E-state index contributed by atoms with van der Waals surface area (Å²) in [6.45, 7) is 3.00. The smallest absolute Gasteiger partial charge is 0.382 e. The Morgan fingerprint density at radius 3 is 2.44 bits per heavy atom. The topological polar surface area (TPSA) is 52.3 Å². The molecule has 16 heavy (non-hydrogen) atoms. The number of esters is 1. The van der Waals surface area contributed by atoms with Gasteiger partial charge in [-0.1, -0.05) is 18.2 Å². The quantitative estimate of drug-likeness (QED) is 0.639. The molecule has 0 bridgehead atoms. The molecule has 3 nitrogen and oxygen atoms in total. The number of nitrogens with two attached hydrogens (primary N) is 1. The first-order valence-corrected chi connectivity index (χ1v) is 4.79. The van der Waals surface area contributed by atoms with E-state index in [-0.39, 0.29) is 5.69 Å². The van der Waals surface area contributed by atoms with Gasteiger partial charge >= 0.3 is 11.9 Å². The minimum absolute atomic E-state index is 0.131. The van der Waals surface area contributed by atoms with Gasteiger partial charge in [-0.3, -0.25) is 0 Å². The van der Waals surface area contributed by atoms with Gasteiger partial charge < -0.3 is 10.5 Å². The van der Waals surface area contributed by atoms with Crippen molar-refractivity contribution in [2.24, 2.45) is 0 Å². The zero-order valence-electron chi connectivity index (χ0n) is 9.04. The largest absolute Gasteiger partial charge is 0.458 e. The predicted octanol–water partition coefficient (Wildman–Crippen LogP) is 2.31. The highest BCUT2D eigenvalue weighted by Crippen LogP contribution is 2.33. The summed E-state index contributed by atoms with van der Waals surface area (Å²) in [7, 11) is 0. The Hall–Kier alpha value is -1.65. The predicted molar refractivity (Wildman–Crippen MR) is 56.0 cm³/mol. The van der Waals surface area contributed by atoms with Crippen molar-refractivity contribution >= 4 is 11.7 Å². The van der Waals surface area contributed by atoms with E-state index in [1.807, 2.05) is 0 Å². The summed E-state index contributed by atoms with van der Waals surface area (Å²) in [5.74, 6) is -5.30. The molecule has 1 aromatic rings. The van der Waals surface area contributed by atoms with Gasteiger partial charge in [-0.15, -0.1) is 0 Å². The third-order valence-corrected chi connectivity index (χ3v) is 1.90. The second-order valence-corrected chi connectivity index (χ2v) is 3.62. The number of carbonyl (C=O) groups excluding carboxylic acids is 1. The highest BCUT2D eigenvalue weighted by Gasteiger charge is 2.44. The van der Waals surface area contributed by atoms with E-state index in [9.17, 15) is 13.6 Å². The van der Waals surface area contributed by atoms with E-state index in [0.29, 0.717) is 0 Å². The van der Waals surface area contributed by atoms with Gasteiger partial charge in [0.1, 0.15) is 0 Å². The van der Waals surface area contributed by atoms with E-state index >= 15 is 0 Å². The Morgan fingerprint density at radius 2 is 1.94 bits per heavy atom. The highest BCUT2D eigenvalue weighted by molar-refractivity contribution is 5.81. The van der Waals surface area contributed by atoms with Gasteiger partial charge in [-0.2, -0.15) is 8.78 Å². The van der Waals surface area contributed by atoms with Gasteiger partial charge in [0.2, 0.25) is 0 Å². The molecule has 1 rings (SSSR count). The van der Waals surface area contributed by atoms with Crippen LogP contribution in [-0.2, 0) is 15.5 Å². The van der Waals surface area contributed by atoms with Gasteiger partial charge in [0.15, 0.2) is 0 Å². The number of rotatable bonds is 3. The fourth-order valence-electron chi connectivity index (χ4n) is 1.18. The van der Waals surface area contributed by atoms with Gasteiger partial charge in [0.05, 0.1) is 11.7 Å². The number of carbonyl (C=O) groups is 1. The average molecular weight is 229 g/mol. The number of anilines is 1. The molecular formula is C11H13F2NO2. The van der Waals surface area contributed by atoms with Gasteiger partial charge in [0.25, 0.3) is 0 Å². The summed E-state index contributed by atoms with van der Waals surface area (Å²) >= 11 is 0. The lowest BCUT2D eigenvalue weighted by Crippen LogP contribution is -2.31. The van der Waals surface area contributed by atoms with Crippen molar-refractivity contribution in [1.82, 2.24) is 0 Å². The summed E-state index contributed by atoms with van der Waals surface area (Å²) < 4.78 is 31.7. The molecule has 0 unspecified atom stereocenters. The number of hydrogen-bond acceptors (Lipinski definition) is 3. The summed E-state index contributed by atoms with van der Waals surface area (Å²) in [5.41, 5.74) is 4.73. The number of hydrogen-bond donors (Lipinski definition) is 1. The Balaban J connectivity index is 3.02. The van der Waals surface area contributed by atoms with Crippen molar-refractivity contribution in [3.63, 3.8) is 0 Å². The fraction of sp³-hybridized carbons (Fsp3) is 0.364. The maximum absolute atomic E-state index is 13.6. The molecule has 0 aromatic heterocycles. The van der Waals surface area contributed by atoms with Gasteiger partial charge in [0, 0.05) is 5.69 Å². The highest BCUT2D eigenvalue weighted by atomic mass is 19.3. The zero-order valence-corrected chi connectivity index (χ0v) is 9.04. The second-order valence-electron chi connectivity index (χ2n) is 3.62. The van der Waals surface area contributed by atoms with Crippen LogP contribution in [0.2, 0.25) is 0 Å². The molecule has 0 saturated heterocycles. The van der Waals surface area contributed by atoms with Gasteiger partial charge in [-0.05, 0) is 19.9 Å². The van der Waals surface area contributed by atoms with E-state index in [4.69, 9.17) is 5.73 Å². The van der Waals surface area contributed by atoms with Crippen LogP contribution in [-0.4, -0.2) is 12.1 Å². The lowest BCUT2D eigenvalue weighted by molar-refractivity contribution is -0.177. The van der Waals surface area contributed by atoms with Crippen molar-refractivity contribution in [3.8, 4) is 0 Å². The summed E-state index contributed by atoms with van der Waals surface area (Å²) in [4.78, 5) is 11.2. The van der Waals surface area contributed by atoms with Crippen molar-refractivity contribution in [2.75, 3.05) is 5.73 Å². The molecule has 2 N–H and O–H groups in total. The van der Waals surface area contributed by atoms with E-state index in [2.05, 4.69) is 4.74 Å². The van der Waals surface area contributed by atoms with Crippen LogP contribution in [0.4, 0.5) is 14.5 Å². The monoisotopic (exact) mass is 229 g/mol. The van der Waals surface area contributed by atoms with Crippen LogP contribution < -0.4 is 5.73 Å². The number of para-hydroxylation sites is 1. The van der Waals surface area contributed by atoms with E-state index in [1.165, 1.54) is 32.0 Å². The Morgan fingerprint density at radius 1 is 1.38 bits per heavy atom. The molecule has 88 valence electrons. The summed E-state index contributed by atoms with van der Waals surface area (Å²) in [6, 6.07) is 5.33. The maximum Gasteiger partial charge on any atom is 0.382 e. The van der Waals surface area contributed by atoms with Crippen molar-refractivity contribution in [3.05, 3.63) is 29.8 Å². The number of benzene rings is 1. The molecule has 0 spiro atoms.